The molecule has 0 radical (unpaired) electrons. The zero-order chi connectivity index (χ0) is 7.98. The molecule has 0 aromatic rings. The summed E-state index contributed by atoms with van der Waals surface area (Å²) in [5, 5.41) is 0. The second kappa shape index (κ2) is 6.86. The Morgan fingerprint density at radius 2 is 1.30 bits per heavy atom. The van der Waals surface area contributed by atoms with E-state index in [9.17, 15) is 0 Å². The largest absolute Gasteiger partial charge is 0.317 e. The highest BCUT2D eigenvalue weighted by molar-refractivity contribution is 8.89. The van der Waals surface area contributed by atoms with Crippen LogP contribution in [0.3, 0.4) is 0 Å². The molecule has 0 unspecified atom stereocenters. The molecule has 0 aliphatic carbocycles. The van der Waals surface area contributed by atoms with Gasteiger partial charge in [0.15, 0.2) is 8.64 Å². The number of nitrogens with one attached hydrogen (secondary N) is 2. The zero-order valence-corrected chi connectivity index (χ0v) is 9.58. The van der Waals surface area contributed by atoms with Crippen LogP contribution in [-0.4, -0.2) is 8.64 Å². The Hall–Kier alpha value is 1.18. The van der Waals surface area contributed by atoms with Gasteiger partial charge in [-0.1, -0.05) is 50.1 Å². The molecule has 10 heavy (non-hydrogen) atoms. The van der Waals surface area contributed by atoms with Crippen LogP contribution in [0.1, 0.15) is 0 Å². The van der Waals surface area contributed by atoms with E-state index < -0.39 is 0 Å². The fourth-order valence-electron chi connectivity index (χ4n) is 0.113. The van der Waals surface area contributed by atoms with Crippen molar-refractivity contribution in [3.05, 3.63) is 0 Å². The van der Waals surface area contributed by atoms with Gasteiger partial charge in [0.2, 0.25) is 0 Å². The maximum Gasteiger partial charge on any atom is 0.154 e. The topological polar surface area (TPSA) is 24.1 Å². The van der Waals surface area contributed by atoms with Crippen LogP contribution in [0.5, 0.6) is 0 Å². The average molecular weight is 248 g/mol. The molecule has 2 nitrogen and oxygen atoms in total. The molecular weight excluding hydrogens is 244 g/mol. The number of thiocarbonyl (C=S) groups is 2. The van der Waals surface area contributed by atoms with E-state index >= 15 is 0 Å². The van der Waals surface area contributed by atoms with Crippen LogP contribution in [0, 0.1) is 0 Å². The monoisotopic (exact) mass is 248 g/mol. The highest BCUT2D eigenvalue weighted by Crippen LogP contribution is 2.22. The second-order valence-corrected chi connectivity index (χ2v) is 4.90. The zero-order valence-electron chi connectivity index (χ0n) is 4.53. The first-order valence-electron chi connectivity index (χ1n) is 1.93. The van der Waals surface area contributed by atoms with Crippen molar-refractivity contribution in [3.63, 3.8) is 0 Å². The molecule has 0 amide bonds. The summed E-state index contributed by atoms with van der Waals surface area (Å²) in [4.78, 5) is 0. The first-order chi connectivity index (χ1) is 4.70. The summed E-state index contributed by atoms with van der Waals surface area (Å²) in [5.41, 5.74) is 0. The van der Waals surface area contributed by atoms with Crippen LogP contribution in [0.15, 0.2) is 0 Å². The highest BCUT2D eigenvalue weighted by atomic mass is 33.1. The van der Waals surface area contributed by atoms with E-state index in [-0.39, 0.29) is 0 Å². The van der Waals surface area contributed by atoms with Crippen LogP contribution < -0.4 is 9.44 Å². The fraction of sp³-hybridized carbons (Fsp3) is 0. The van der Waals surface area contributed by atoms with Gasteiger partial charge in [-0.15, -0.1) is 0 Å². The fourth-order valence-corrected chi connectivity index (χ4v) is 2.30. The lowest BCUT2D eigenvalue weighted by atomic mass is 11.5. The van der Waals surface area contributed by atoms with Gasteiger partial charge < -0.3 is 9.44 Å². The smallest absolute Gasteiger partial charge is 0.154 e. The molecule has 0 rings (SSSR count). The SMILES string of the molecule is S=C(NS)SSC(=S)NS. The second-order valence-electron chi connectivity index (χ2n) is 0.965. The number of hydrogen-bond acceptors (Lipinski definition) is 6. The van der Waals surface area contributed by atoms with E-state index in [2.05, 4.69) is 35.1 Å². The van der Waals surface area contributed by atoms with E-state index in [4.69, 9.17) is 24.4 Å². The van der Waals surface area contributed by atoms with E-state index in [0.29, 0.717) is 8.64 Å². The molecule has 0 saturated carbocycles. The summed E-state index contributed by atoms with van der Waals surface area (Å²) in [5.74, 6) is 0. The highest BCUT2D eigenvalue weighted by Gasteiger charge is 1.97. The molecule has 58 valence electrons. The van der Waals surface area contributed by atoms with Gasteiger partial charge in [-0.25, -0.2) is 0 Å². The van der Waals surface area contributed by atoms with Crippen molar-refractivity contribution in [1.29, 1.82) is 0 Å². The van der Waals surface area contributed by atoms with Crippen molar-refractivity contribution < 1.29 is 0 Å². The van der Waals surface area contributed by atoms with Gasteiger partial charge >= 0.3 is 0 Å². The molecule has 0 aromatic heterocycles. The molecule has 0 heterocycles. The van der Waals surface area contributed by atoms with E-state index in [0.717, 1.165) is 0 Å². The molecule has 2 N–H and O–H groups in total. The van der Waals surface area contributed by atoms with Gasteiger partial charge in [-0.3, -0.25) is 0 Å². The van der Waals surface area contributed by atoms with Crippen LogP contribution in [-0.2, 0) is 0 Å². The maximum atomic E-state index is 4.76. The van der Waals surface area contributed by atoms with E-state index in [1.54, 1.807) is 0 Å². The van der Waals surface area contributed by atoms with E-state index in [1.165, 1.54) is 21.6 Å². The third kappa shape index (κ3) is 5.93. The summed E-state index contributed by atoms with van der Waals surface area (Å²) >= 11 is 17.0. The molecule has 0 atom stereocenters. The standard InChI is InChI=1S/C2H4N2S6/c5-1(3-7)9-10-2(6)4-8/h7-8H,(H,3,5)(H,4,6). The minimum Gasteiger partial charge on any atom is -0.317 e. The average Bonchev–Trinajstić information content (AvgIpc) is 1.99. The molecule has 0 bridgehead atoms. The van der Waals surface area contributed by atoms with Crippen molar-refractivity contribution in [2.24, 2.45) is 0 Å². The van der Waals surface area contributed by atoms with Crippen molar-refractivity contribution in [2.45, 2.75) is 0 Å². The van der Waals surface area contributed by atoms with Gasteiger partial charge in [0.1, 0.15) is 0 Å². The Labute approximate surface area is 89.1 Å². The molecule has 0 saturated heterocycles. The van der Waals surface area contributed by atoms with Crippen LogP contribution in [0.25, 0.3) is 0 Å². The minimum absolute atomic E-state index is 0.569. The number of hydrogen-bond donors (Lipinski definition) is 4. The molecule has 0 spiro atoms. The van der Waals surface area contributed by atoms with Crippen LogP contribution in [0.2, 0.25) is 0 Å². The Kier molecular flexibility index (Phi) is 7.67. The quantitative estimate of drug-likeness (QED) is 0.296. The summed E-state index contributed by atoms with van der Waals surface area (Å²) < 4.78 is 6.14. The summed E-state index contributed by atoms with van der Waals surface area (Å²) in [6.45, 7) is 0. The molecule has 8 heteroatoms. The molecule has 0 aliphatic heterocycles. The third-order valence-corrected chi connectivity index (χ3v) is 4.61. The molecule has 0 fully saturated rings. The maximum absolute atomic E-state index is 4.76. The summed E-state index contributed by atoms with van der Waals surface area (Å²) in [6.07, 6.45) is 0. The Morgan fingerprint density at radius 1 is 1.00 bits per heavy atom. The molecule has 0 aliphatic rings. The first-order valence-corrected chi connectivity index (χ1v) is 5.79. The van der Waals surface area contributed by atoms with E-state index in [1.807, 2.05) is 0 Å². The number of rotatable bonds is 0. The lowest BCUT2D eigenvalue weighted by molar-refractivity contribution is 1.68. The Morgan fingerprint density at radius 3 is 1.50 bits per heavy atom. The van der Waals surface area contributed by atoms with Crippen LogP contribution in [0.4, 0.5) is 0 Å². The number of thiol groups is 2. The summed E-state index contributed by atoms with van der Waals surface area (Å²) in [7, 11) is 2.63. The summed E-state index contributed by atoms with van der Waals surface area (Å²) in [6, 6.07) is 0. The normalized spacial score (nSPS) is 8.60. The first kappa shape index (κ1) is 11.2. The lowest BCUT2D eigenvalue weighted by Crippen LogP contribution is -2.06. The van der Waals surface area contributed by atoms with Gasteiger partial charge in [0, 0.05) is 0 Å². The van der Waals surface area contributed by atoms with Gasteiger partial charge in [-0.05, 0) is 21.6 Å². The predicted molar refractivity (Wildman–Crippen MR) is 64.6 cm³/mol. The lowest BCUT2D eigenvalue weighted by Gasteiger charge is -1.99. The minimum atomic E-state index is 0.569. The Balaban J connectivity index is 3.35. The Bertz CT molecular complexity index is 118. The third-order valence-electron chi connectivity index (χ3n) is 0.376. The van der Waals surface area contributed by atoms with Crippen molar-refractivity contribution >= 4 is 80.3 Å². The molecular formula is C2H4N2S6. The van der Waals surface area contributed by atoms with Crippen molar-refractivity contribution in [2.75, 3.05) is 0 Å². The molecule has 0 aromatic carbocycles. The van der Waals surface area contributed by atoms with Gasteiger partial charge in [-0.2, -0.15) is 0 Å². The van der Waals surface area contributed by atoms with Crippen LogP contribution >= 0.6 is 71.7 Å². The van der Waals surface area contributed by atoms with Crippen molar-refractivity contribution in [1.82, 2.24) is 9.44 Å². The van der Waals surface area contributed by atoms with Gasteiger partial charge in [0.25, 0.3) is 0 Å². The van der Waals surface area contributed by atoms with Crippen molar-refractivity contribution in [3.8, 4) is 0 Å². The predicted octanol–water partition coefficient (Wildman–Crippen LogP) is 1.81. The van der Waals surface area contributed by atoms with Gasteiger partial charge in [0.05, 0.1) is 0 Å².